The maximum absolute atomic E-state index is 6.03. The quantitative estimate of drug-likeness (QED) is 0.595. The van der Waals surface area contributed by atoms with Crippen molar-refractivity contribution in [3.8, 4) is 0 Å². The van der Waals surface area contributed by atoms with Gasteiger partial charge in [-0.05, 0) is 31.5 Å². The van der Waals surface area contributed by atoms with Crippen molar-refractivity contribution in [2.75, 3.05) is 10.7 Å². The Labute approximate surface area is 123 Å². The van der Waals surface area contributed by atoms with Crippen LogP contribution < -0.4 is 16.6 Å². The highest BCUT2D eigenvalue weighted by Crippen LogP contribution is 2.27. The van der Waals surface area contributed by atoms with Crippen LogP contribution in [-0.4, -0.2) is 9.97 Å². The highest BCUT2D eigenvalue weighted by molar-refractivity contribution is 6.30. The first-order chi connectivity index (χ1) is 9.55. The van der Waals surface area contributed by atoms with Crippen molar-refractivity contribution in [2.24, 2.45) is 5.84 Å². The molecule has 1 heterocycles. The van der Waals surface area contributed by atoms with Crippen LogP contribution >= 0.6 is 11.6 Å². The van der Waals surface area contributed by atoms with Gasteiger partial charge in [0.25, 0.3) is 0 Å². The van der Waals surface area contributed by atoms with Gasteiger partial charge in [0.2, 0.25) is 0 Å². The number of rotatable bonds is 4. The minimum atomic E-state index is 0.624. The van der Waals surface area contributed by atoms with E-state index >= 15 is 0 Å². The van der Waals surface area contributed by atoms with Gasteiger partial charge in [-0.3, -0.25) is 0 Å². The number of hydrazine groups is 1. The van der Waals surface area contributed by atoms with E-state index < -0.39 is 0 Å². The lowest BCUT2D eigenvalue weighted by atomic mass is 10.2. The van der Waals surface area contributed by atoms with Gasteiger partial charge in [-0.1, -0.05) is 24.6 Å². The molecule has 0 atom stereocenters. The third kappa shape index (κ3) is 3.00. The van der Waals surface area contributed by atoms with Gasteiger partial charge in [0.15, 0.2) is 0 Å². The zero-order chi connectivity index (χ0) is 14.7. The molecule has 1 aromatic carbocycles. The molecule has 0 amide bonds. The lowest BCUT2D eigenvalue weighted by Crippen LogP contribution is -2.14. The Kier molecular flexibility index (Phi) is 4.42. The molecule has 0 spiro atoms. The molecule has 106 valence electrons. The van der Waals surface area contributed by atoms with Gasteiger partial charge in [-0.25, -0.2) is 15.8 Å². The van der Waals surface area contributed by atoms with E-state index in [0.29, 0.717) is 10.8 Å². The number of hydrogen-bond donors (Lipinski definition) is 3. The molecule has 6 heteroatoms. The van der Waals surface area contributed by atoms with Gasteiger partial charge < -0.3 is 10.7 Å². The maximum atomic E-state index is 6.03. The van der Waals surface area contributed by atoms with Gasteiger partial charge in [-0.15, -0.1) is 0 Å². The van der Waals surface area contributed by atoms with E-state index in [4.69, 9.17) is 17.4 Å². The molecule has 0 fully saturated rings. The predicted octanol–water partition coefficient (Wildman–Crippen LogP) is 3.34. The molecule has 0 unspecified atom stereocenters. The third-order valence-corrected chi connectivity index (χ3v) is 3.33. The average Bonchev–Trinajstić information content (AvgIpc) is 2.45. The van der Waals surface area contributed by atoms with E-state index in [-0.39, 0.29) is 0 Å². The SMILES string of the molecule is CCc1nc(NN)c(C)c(Nc2cc(Cl)ccc2C)n1. The second-order valence-electron chi connectivity index (χ2n) is 4.54. The number of anilines is 3. The summed E-state index contributed by atoms with van der Waals surface area (Å²) in [6, 6.07) is 5.70. The van der Waals surface area contributed by atoms with Gasteiger partial charge >= 0.3 is 0 Å². The lowest BCUT2D eigenvalue weighted by Gasteiger charge is -2.14. The predicted molar refractivity (Wildman–Crippen MR) is 83.4 cm³/mol. The molecule has 0 bridgehead atoms. The van der Waals surface area contributed by atoms with Crippen LogP contribution in [0.4, 0.5) is 17.3 Å². The van der Waals surface area contributed by atoms with Gasteiger partial charge in [-0.2, -0.15) is 0 Å². The first kappa shape index (κ1) is 14.6. The van der Waals surface area contributed by atoms with Crippen molar-refractivity contribution >= 4 is 28.9 Å². The van der Waals surface area contributed by atoms with Crippen LogP contribution in [0.25, 0.3) is 0 Å². The van der Waals surface area contributed by atoms with Gasteiger partial charge in [0.05, 0.1) is 0 Å². The minimum absolute atomic E-state index is 0.624. The second kappa shape index (κ2) is 6.07. The molecule has 1 aromatic heterocycles. The molecule has 0 aliphatic carbocycles. The van der Waals surface area contributed by atoms with Gasteiger partial charge in [0, 0.05) is 22.7 Å². The Hall–Kier alpha value is -1.85. The summed E-state index contributed by atoms with van der Waals surface area (Å²) in [5.41, 5.74) is 5.48. The maximum Gasteiger partial charge on any atom is 0.148 e. The largest absolute Gasteiger partial charge is 0.340 e. The standard InChI is InChI=1S/C14H18ClN5/c1-4-12-18-13(9(3)14(19-12)20-16)17-11-7-10(15)6-5-8(11)2/h5-7H,4,16H2,1-3H3,(H2,17,18,19,20). The molecule has 0 radical (unpaired) electrons. The summed E-state index contributed by atoms with van der Waals surface area (Å²) in [6.07, 6.45) is 0.734. The van der Waals surface area contributed by atoms with Crippen molar-refractivity contribution < 1.29 is 0 Å². The van der Waals surface area contributed by atoms with Gasteiger partial charge in [0.1, 0.15) is 17.5 Å². The van der Waals surface area contributed by atoms with Crippen molar-refractivity contribution in [1.29, 1.82) is 0 Å². The molecule has 5 nitrogen and oxygen atoms in total. The number of aryl methyl sites for hydroxylation is 2. The first-order valence-corrected chi connectivity index (χ1v) is 6.80. The number of benzene rings is 1. The van der Waals surface area contributed by atoms with E-state index in [0.717, 1.165) is 34.9 Å². The van der Waals surface area contributed by atoms with Crippen molar-refractivity contribution in [3.05, 3.63) is 40.2 Å². The Morgan fingerprint density at radius 2 is 1.90 bits per heavy atom. The second-order valence-corrected chi connectivity index (χ2v) is 4.98. The Balaban J connectivity index is 2.44. The minimum Gasteiger partial charge on any atom is -0.340 e. The fraction of sp³-hybridized carbons (Fsp3) is 0.286. The number of hydrogen-bond acceptors (Lipinski definition) is 5. The molecule has 0 saturated carbocycles. The number of nitrogens with two attached hydrogens (primary N) is 1. The molecular formula is C14H18ClN5. The topological polar surface area (TPSA) is 75.9 Å². The van der Waals surface area contributed by atoms with Crippen LogP contribution in [0.2, 0.25) is 5.02 Å². The van der Waals surface area contributed by atoms with E-state index in [9.17, 15) is 0 Å². The molecule has 2 aromatic rings. The molecule has 20 heavy (non-hydrogen) atoms. The zero-order valence-corrected chi connectivity index (χ0v) is 12.5. The summed E-state index contributed by atoms with van der Waals surface area (Å²) in [6.45, 7) is 5.92. The molecule has 2 rings (SSSR count). The lowest BCUT2D eigenvalue weighted by molar-refractivity contribution is 0.932. The number of nitrogens with zero attached hydrogens (tertiary/aromatic N) is 2. The molecule has 4 N–H and O–H groups in total. The Morgan fingerprint density at radius 1 is 1.20 bits per heavy atom. The summed E-state index contributed by atoms with van der Waals surface area (Å²) in [5, 5.41) is 3.98. The Bertz CT molecular complexity index is 627. The van der Waals surface area contributed by atoms with E-state index in [1.165, 1.54) is 0 Å². The smallest absolute Gasteiger partial charge is 0.148 e. The van der Waals surface area contributed by atoms with Crippen LogP contribution in [0, 0.1) is 13.8 Å². The van der Waals surface area contributed by atoms with Crippen LogP contribution in [0.1, 0.15) is 23.9 Å². The molecule has 0 saturated heterocycles. The van der Waals surface area contributed by atoms with Crippen LogP contribution in [-0.2, 0) is 6.42 Å². The molecule has 0 aliphatic heterocycles. The summed E-state index contributed by atoms with van der Waals surface area (Å²) < 4.78 is 0. The summed E-state index contributed by atoms with van der Waals surface area (Å²) >= 11 is 6.03. The summed E-state index contributed by atoms with van der Waals surface area (Å²) in [7, 11) is 0. The average molecular weight is 292 g/mol. The van der Waals surface area contributed by atoms with Crippen LogP contribution in [0.3, 0.4) is 0 Å². The fourth-order valence-electron chi connectivity index (χ4n) is 1.84. The highest BCUT2D eigenvalue weighted by atomic mass is 35.5. The zero-order valence-electron chi connectivity index (χ0n) is 11.8. The number of nitrogens with one attached hydrogen (secondary N) is 2. The van der Waals surface area contributed by atoms with E-state index in [2.05, 4.69) is 20.7 Å². The summed E-state index contributed by atoms with van der Waals surface area (Å²) in [5.74, 6) is 7.58. The van der Waals surface area contributed by atoms with Crippen LogP contribution in [0.15, 0.2) is 18.2 Å². The highest BCUT2D eigenvalue weighted by Gasteiger charge is 2.10. The number of aromatic nitrogens is 2. The first-order valence-electron chi connectivity index (χ1n) is 6.42. The monoisotopic (exact) mass is 291 g/mol. The van der Waals surface area contributed by atoms with Crippen LogP contribution in [0.5, 0.6) is 0 Å². The molecular weight excluding hydrogens is 274 g/mol. The Morgan fingerprint density at radius 3 is 2.55 bits per heavy atom. The van der Waals surface area contributed by atoms with Crippen molar-refractivity contribution in [2.45, 2.75) is 27.2 Å². The third-order valence-electron chi connectivity index (χ3n) is 3.10. The van der Waals surface area contributed by atoms with E-state index in [1.807, 2.05) is 39.0 Å². The summed E-state index contributed by atoms with van der Waals surface area (Å²) in [4.78, 5) is 8.84. The van der Waals surface area contributed by atoms with Crippen molar-refractivity contribution in [1.82, 2.24) is 9.97 Å². The normalized spacial score (nSPS) is 10.4. The number of halogens is 1. The number of nitrogen functional groups attached to an aromatic ring is 1. The van der Waals surface area contributed by atoms with Crippen molar-refractivity contribution in [3.63, 3.8) is 0 Å². The molecule has 0 aliphatic rings. The fourth-order valence-corrected chi connectivity index (χ4v) is 2.01. The van der Waals surface area contributed by atoms with E-state index in [1.54, 1.807) is 0 Å².